The molecule has 0 spiro atoms. The highest BCUT2D eigenvalue weighted by Gasteiger charge is 2.33. The average molecular weight is 290 g/mol. The molecule has 0 atom stereocenters. The Labute approximate surface area is 120 Å². The molecule has 0 radical (unpaired) electrons. The van der Waals surface area contributed by atoms with Crippen LogP contribution in [0.3, 0.4) is 0 Å². The summed E-state index contributed by atoms with van der Waals surface area (Å²) >= 11 is 0. The number of hydrogen-bond acceptors (Lipinski definition) is 2. The Kier molecular flexibility index (Phi) is 4.18. The zero-order chi connectivity index (χ0) is 15.5. The van der Waals surface area contributed by atoms with Crippen LogP contribution in [0.4, 0.5) is 24.5 Å². The highest BCUT2D eigenvalue weighted by Crippen LogP contribution is 2.33. The lowest BCUT2D eigenvalue weighted by Gasteiger charge is -2.12. The van der Waals surface area contributed by atoms with E-state index in [1.165, 1.54) is 12.1 Å². The number of alkyl halides is 3. The summed E-state index contributed by atoms with van der Waals surface area (Å²) in [5, 5.41) is 11.9. The van der Waals surface area contributed by atoms with E-state index in [4.69, 9.17) is 5.26 Å². The first-order valence-electron chi connectivity index (χ1n) is 6.41. The maximum absolute atomic E-state index is 12.7. The van der Waals surface area contributed by atoms with Crippen LogP contribution in [-0.2, 0) is 12.6 Å². The smallest absolute Gasteiger partial charge is 0.355 e. The number of nitriles is 1. The predicted molar refractivity (Wildman–Crippen MR) is 75.3 cm³/mol. The van der Waals surface area contributed by atoms with Gasteiger partial charge in [-0.05, 0) is 42.3 Å². The molecule has 0 aliphatic heterocycles. The molecule has 108 valence electrons. The zero-order valence-corrected chi connectivity index (χ0v) is 11.3. The normalized spacial score (nSPS) is 11.0. The van der Waals surface area contributed by atoms with Gasteiger partial charge in [0, 0.05) is 11.4 Å². The standard InChI is InChI=1S/C16H13F3N2/c1-2-11-4-3-5-13(8-11)21-14-6-7-15(16(17,18)19)12(9-14)10-20/h3-9,21H,2H2,1H3. The molecule has 2 aromatic carbocycles. The second-order valence-electron chi connectivity index (χ2n) is 4.55. The average Bonchev–Trinajstić information content (AvgIpc) is 2.46. The first kappa shape index (κ1) is 14.9. The molecule has 0 aromatic heterocycles. The number of nitrogens with one attached hydrogen (secondary N) is 1. The number of nitrogens with zero attached hydrogens (tertiary/aromatic N) is 1. The Hall–Kier alpha value is -2.48. The summed E-state index contributed by atoms with van der Waals surface area (Å²) in [6.07, 6.45) is -3.66. The van der Waals surface area contributed by atoms with Gasteiger partial charge in [0.1, 0.15) is 0 Å². The van der Waals surface area contributed by atoms with Crippen LogP contribution in [0.5, 0.6) is 0 Å². The van der Waals surface area contributed by atoms with Gasteiger partial charge in [-0.25, -0.2) is 0 Å². The fourth-order valence-corrected chi connectivity index (χ4v) is 2.00. The number of rotatable bonds is 3. The van der Waals surface area contributed by atoms with Crippen LogP contribution in [0.1, 0.15) is 23.6 Å². The summed E-state index contributed by atoms with van der Waals surface area (Å²) in [5.74, 6) is 0. The van der Waals surface area contributed by atoms with Gasteiger partial charge in [-0.2, -0.15) is 18.4 Å². The van der Waals surface area contributed by atoms with E-state index in [0.717, 1.165) is 23.7 Å². The molecular weight excluding hydrogens is 277 g/mol. The zero-order valence-electron chi connectivity index (χ0n) is 11.3. The molecule has 1 N–H and O–H groups in total. The fourth-order valence-electron chi connectivity index (χ4n) is 2.00. The van der Waals surface area contributed by atoms with Crippen molar-refractivity contribution in [2.24, 2.45) is 0 Å². The van der Waals surface area contributed by atoms with Crippen molar-refractivity contribution < 1.29 is 13.2 Å². The lowest BCUT2D eigenvalue weighted by molar-refractivity contribution is -0.137. The van der Waals surface area contributed by atoms with E-state index in [1.54, 1.807) is 6.07 Å². The van der Waals surface area contributed by atoms with Crippen molar-refractivity contribution in [2.45, 2.75) is 19.5 Å². The van der Waals surface area contributed by atoms with E-state index in [1.807, 2.05) is 31.2 Å². The van der Waals surface area contributed by atoms with E-state index >= 15 is 0 Å². The minimum atomic E-state index is -4.52. The summed E-state index contributed by atoms with van der Waals surface area (Å²) in [4.78, 5) is 0. The van der Waals surface area contributed by atoms with E-state index in [0.29, 0.717) is 5.69 Å². The molecule has 0 aliphatic carbocycles. The van der Waals surface area contributed by atoms with Gasteiger partial charge in [0.05, 0.1) is 17.2 Å². The van der Waals surface area contributed by atoms with Gasteiger partial charge in [0.15, 0.2) is 0 Å². The molecule has 0 saturated carbocycles. The number of anilines is 2. The van der Waals surface area contributed by atoms with Crippen molar-refractivity contribution in [3.05, 3.63) is 59.2 Å². The summed E-state index contributed by atoms with van der Waals surface area (Å²) in [6, 6.07) is 12.6. The van der Waals surface area contributed by atoms with Crippen molar-refractivity contribution in [1.82, 2.24) is 0 Å². The van der Waals surface area contributed by atoms with Crippen molar-refractivity contribution in [1.29, 1.82) is 5.26 Å². The van der Waals surface area contributed by atoms with Gasteiger partial charge < -0.3 is 5.32 Å². The molecule has 0 heterocycles. The first-order valence-corrected chi connectivity index (χ1v) is 6.41. The van der Waals surface area contributed by atoms with E-state index in [2.05, 4.69) is 5.32 Å². The van der Waals surface area contributed by atoms with Crippen molar-refractivity contribution >= 4 is 11.4 Å². The van der Waals surface area contributed by atoms with Crippen LogP contribution >= 0.6 is 0 Å². The summed E-state index contributed by atoms with van der Waals surface area (Å²) in [5.41, 5.74) is 1.04. The van der Waals surface area contributed by atoms with Crippen LogP contribution in [-0.4, -0.2) is 0 Å². The molecule has 0 unspecified atom stereocenters. The molecule has 0 fully saturated rings. The highest BCUT2D eigenvalue weighted by molar-refractivity contribution is 5.63. The molecule has 2 aromatic rings. The first-order chi connectivity index (χ1) is 9.94. The molecule has 2 rings (SSSR count). The summed E-state index contributed by atoms with van der Waals surface area (Å²) in [6.45, 7) is 2.02. The Bertz CT molecular complexity index is 685. The number of benzene rings is 2. The van der Waals surface area contributed by atoms with Crippen molar-refractivity contribution in [3.63, 3.8) is 0 Å². The lowest BCUT2D eigenvalue weighted by atomic mass is 10.1. The lowest BCUT2D eigenvalue weighted by Crippen LogP contribution is -2.08. The number of hydrogen-bond donors (Lipinski definition) is 1. The Balaban J connectivity index is 2.32. The van der Waals surface area contributed by atoms with Gasteiger partial charge >= 0.3 is 6.18 Å². The number of halogens is 3. The van der Waals surface area contributed by atoms with Crippen LogP contribution in [0, 0.1) is 11.3 Å². The largest absolute Gasteiger partial charge is 0.417 e. The second-order valence-corrected chi connectivity index (χ2v) is 4.55. The van der Waals surface area contributed by atoms with Gasteiger partial charge in [0.25, 0.3) is 0 Å². The second kappa shape index (κ2) is 5.88. The maximum Gasteiger partial charge on any atom is 0.417 e. The summed E-state index contributed by atoms with van der Waals surface area (Å²) < 4.78 is 38.2. The molecule has 5 heteroatoms. The molecule has 0 amide bonds. The molecular formula is C16H13F3N2. The highest BCUT2D eigenvalue weighted by atomic mass is 19.4. The predicted octanol–water partition coefficient (Wildman–Crippen LogP) is 4.88. The van der Waals surface area contributed by atoms with Crippen LogP contribution in [0.25, 0.3) is 0 Å². The minimum absolute atomic E-state index is 0.390. The molecule has 2 nitrogen and oxygen atoms in total. The third kappa shape index (κ3) is 3.54. The monoisotopic (exact) mass is 290 g/mol. The van der Waals surface area contributed by atoms with Gasteiger partial charge in [-0.1, -0.05) is 19.1 Å². The quantitative estimate of drug-likeness (QED) is 0.874. The number of aryl methyl sites for hydroxylation is 1. The third-order valence-electron chi connectivity index (χ3n) is 3.07. The molecule has 0 aliphatic rings. The topological polar surface area (TPSA) is 35.8 Å². The Morgan fingerprint density at radius 1 is 1.10 bits per heavy atom. The Morgan fingerprint density at radius 2 is 1.81 bits per heavy atom. The Morgan fingerprint density at radius 3 is 2.43 bits per heavy atom. The van der Waals surface area contributed by atoms with Crippen molar-refractivity contribution in [3.8, 4) is 6.07 Å². The maximum atomic E-state index is 12.7. The van der Waals surface area contributed by atoms with Crippen LogP contribution < -0.4 is 5.32 Å². The van der Waals surface area contributed by atoms with Crippen molar-refractivity contribution in [2.75, 3.05) is 5.32 Å². The molecule has 21 heavy (non-hydrogen) atoms. The van der Waals surface area contributed by atoms with E-state index in [9.17, 15) is 13.2 Å². The van der Waals surface area contributed by atoms with Crippen LogP contribution in [0.2, 0.25) is 0 Å². The third-order valence-corrected chi connectivity index (χ3v) is 3.07. The SMILES string of the molecule is CCc1cccc(Nc2ccc(C(F)(F)F)c(C#N)c2)c1. The summed E-state index contributed by atoms with van der Waals surface area (Å²) in [7, 11) is 0. The van der Waals surface area contributed by atoms with E-state index in [-0.39, 0.29) is 5.56 Å². The van der Waals surface area contributed by atoms with Gasteiger partial charge in [0.2, 0.25) is 0 Å². The fraction of sp³-hybridized carbons (Fsp3) is 0.188. The minimum Gasteiger partial charge on any atom is -0.355 e. The van der Waals surface area contributed by atoms with Crippen LogP contribution in [0.15, 0.2) is 42.5 Å². The van der Waals surface area contributed by atoms with Gasteiger partial charge in [-0.15, -0.1) is 0 Å². The molecule has 0 bridgehead atoms. The van der Waals surface area contributed by atoms with E-state index < -0.39 is 11.7 Å². The molecule has 0 saturated heterocycles. The van der Waals surface area contributed by atoms with Gasteiger partial charge in [-0.3, -0.25) is 0 Å².